The smallest absolute Gasteiger partial charge is 0.327 e. The highest BCUT2D eigenvalue weighted by molar-refractivity contribution is 5.79. The molecule has 100 valence electrons. The van der Waals surface area contributed by atoms with Crippen molar-refractivity contribution in [1.29, 1.82) is 0 Å². The van der Waals surface area contributed by atoms with E-state index in [4.69, 9.17) is 5.11 Å². The van der Waals surface area contributed by atoms with Gasteiger partial charge in [0.05, 0.1) is 0 Å². The van der Waals surface area contributed by atoms with Crippen molar-refractivity contribution in [2.75, 3.05) is 20.1 Å². The minimum atomic E-state index is -0.891. The Balaban J connectivity index is 0.000000366. The van der Waals surface area contributed by atoms with Crippen molar-refractivity contribution >= 4 is 5.97 Å². The van der Waals surface area contributed by atoms with Crippen LogP contribution in [0.1, 0.15) is 34.6 Å². The number of carboxylic acids is 1. The summed E-state index contributed by atoms with van der Waals surface area (Å²) in [6.07, 6.45) is 2.56. The summed E-state index contributed by atoms with van der Waals surface area (Å²) in [7, 11) is 2.21. The number of hydrogen-bond acceptors (Lipinski definition) is 3. The molecule has 0 aromatic heterocycles. The predicted octanol–water partition coefficient (Wildman–Crippen LogP) is 1.73. The van der Waals surface area contributed by atoms with Crippen LogP contribution in [0, 0.1) is 0 Å². The van der Waals surface area contributed by atoms with Gasteiger partial charge in [-0.05, 0) is 41.7 Å². The van der Waals surface area contributed by atoms with Crippen LogP contribution in [0.15, 0.2) is 12.2 Å². The van der Waals surface area contributed by atoms with Gasteiger partial charge < -0.3 is 10.4 Å². The Labute approximate surface area is 105 Å². The Morgan fingerprint density at radius 1 is 1.24 bits per heavy atom. The number of rotatable bonds is 1. The first-order chi connectivity index (χ1) is 7.63. The van der Waals surface area contributed by atoms with Crippen molar-refractivity contribution in [2.24, 2.45) is 0 Å². The summed E-state index contributed by atoms with van der Waals surface area (Å²) >= 11 is 0. The molecule has 0 aliphatic carbocycles. The van der Waals surface area contributed by atoms with E-state index in [9.17, 15) is 4.79 Å². The van der Waals surface area contributed by atoms with Crippen molar-refractivity contribution in [1.82, 2.24) is 10.2 Å². The second-order valence-electron chi connectivity index (χ2n) is 5.63. The molecule has 0 aromatic carbocycles. The highest BCUT2D eigenvalue weighted by atomic mass is 16.4. The minimum absolute atomic E-state index is 0.293. The fraction of sp³-hybridized carbons (Fsp3) is 0.769. The molecule has 2 N–H and O–H groups in total. The summed E-state index contributed by atoms with van der Waals surface area (Å²) in [6.45, 7) is 13.0. The van der Waals surface area contributed by atoms with Gasteiger partial charge in [0.1, 0.15) is 0 Å². The molecular weight excluding hydrogens is 216 g/mol. The van der Waals surface area contributed by atoms with E-state index in [1.54, 1.807) is 6.92 Å². The third kappa shape index (κ3) is 5.33. The maximum absolute atomic E-state index is 9.51. The maximum Gasteiger partial charge on any atom is 0.327 e. The topological polar surface area (TPSA) is 52.6 Å². The van der Waals surface area contributed by atoms with Gasteiger partial charge in [0.15, 0.2) is 0 Å². The molecule has 1 rings (SSSR count). The molecule has 0 radical (unpaired) electrons. The second-order valence-corrected chi connectivity index (χ2v) is 5.63. The molecule has 0 spiro atoms. The average Bonchev–Trinajstić information content (AvgIpc) is 2.14. The number of carbonyl (C=O) groups is 1. The van der Waals surface area contributed by atoms with Crippen LogP contribution in [0.5, 0.6) is 0 Å². The molecule has 1 heterocycles. The van der Waals surface area contributed by atoms with E-state index < -0.39 is 5.97 Å². The van der Waals surface area contributed by atoms with Crippen molar-refractivity contribution in [3.63, 3.8) is 0 Å². The number of nitrogens with one attached hydrogen (secondary N) is 1. The fourth-order valence-corrected chi connectivity index (χ4v) is 1.87. The largest absolute Gasteiger partial charge is 0.478 e. The standard InChI is InChI=1S/C9H20N2.C4H6O2/c1-8(2)6-10-7-9(3,4)11(8)5;1-2-3-4(5)6/h10H,6-7H2,1-5H3;2-3H,1H3,(H,5,6). The van der Waals surface area contributed by atoms with Crippen LogP contribution in [0.2, 0.25) is 0 Å². The average molecular weight is 242 g/mol. The Morgan fingerprint density at radius 3 is 1.82 bits per heavy atom. The van der Waals surface area contributed by atoms with Gasteiger partial charge in [0.25, 0.3) is 0 Å². The third-order valence-electron chi connectivity index (χ3n) is 3.24. The lowest BCUT2D eigenvalue weighted by atomic mass is 9.90. The molecule has 0 saturated carbocycles. The first kappa shape index (κ1) is 16.1. The van der Waals surface area contributed by atoms with Gasteiger partial charge in [0.2, 0.25) is 0 Å². The molecule has 0 atom stereocenters. The summed E-state index contributed by atoms with van der Waals surface area (Å²) in [5.74, 6) is -0.891. The van der Waals surface area contributed by atoms with Crippen molar-refractivity contribution in [3.8, 4) is 0 Å². The van der Waals surface area contributed by atoms with E-state index in [-0.39, 0.29) is 0 Å². The van der Waals surface area contributed by atoms with Crippen LogP contribution in [0.3, 0.4) is 0 Å². The van der Waals surface area contributed by atoms with E-state index in [0.29, 0.717) is 11.1 Å². The van der Waals surface area contributed by atoms with E-state index >= 15 is 0 Å². The van der Waals surface area contributed by atoms with E-state index in [0.717, 1.165) is 19.2 Å². The third-order valence-corrected chi connectivity index (χ3v) is 3.24. The number of piperazine rings is 1. The maximum atomic E-state index is 9.51. The highest BCUT2D eigenvalue weighted by Crippen LogP contribution is 2.25. The van der Waals surface area contributed by atoms with Crippen LogP contribution in [-0.4, -0.2) is 47.2 Å². The van der Waals surface area contributed by atoms with Crippen LogP contribution >= 0.6 is 0 Å². The van der Waals surface area contributed by atoms with Gasteiger partial charge >= 0.3 is 5.97 Å². The van der Waals surface area contributed by atoms with Crippen LogP contribution in [0.25, 0.3) is 0 Å². The fourth-order valence-electron chi connectivity index (χ4n) is 1.87. The lowest BCUT2D eigenvalue weighted by molar-refractivity contribution is -0.131. The first-order valence-electron chi connectivity index (χ1n) is 5.94. The number of carboxylic acid groups (broad SMARTS) is 1. The Kier molecular flexibility index (Phi) is 5.85. The molecule has 17 heavy (non-hydrogen) atoms. The number of likely N-dealkylation sites (N-methyl/N-ethyl adjacent to an activating group) is 1. The van der Waals surface area contributed by atoms with Crippen LogP contribution in [-0.2, 0) is 4.79 Å². The molecule has 1 fully saturated rings. The molecule has 4 heteroatoms. The van der Waals surface area contributed by atoms with Crippen LogP contribution in [0.4, 0.5) is 0 Å². The number of aliphatic carboxylic acids is 1. The number of allylic oxidation sites excluding steroid dienone is 1. The first-order valence-corrected chi connectivity index (χ1v) is 5.94. The molecule has 0 bridgehead atoms. The second kappa shape index (κ2) is 6.17. The Morgan fingerprint density at radius 2 is 1.65 bits per heavy atom. The lowest BCUT2D eigenvalue weighted by Crippen LogP contribution is -2.66. The number of hydrogen-bond donors (Lipinski definition) is 2. The Hall–Kier alpha value is -0.870. The van der Waals surface area contributed by atoms with E-state index in [1.165, 1.54) is 6.08 Å². The molecule has 1 saturated heterocycles. The molecular formula is C13H26N2O2. The van der Waals surface area contributed by atoms with E-state index in [1.807, 2.05) is 0 Å². The summed E-state index contributed by atoms with van der Waals surface area (Å²) in [6, 6.07) is 0. The summed E-state index contributed by atoms with van der Waals surface area (Å²) < 4.78 is 0. The van der Waals surface area contributed by atoms with Gasteiger partial charge in [-0.15, -0.1) is 0 Å². The number of nitrogens with zero attached hydrogens (tertiary/aromatic N) is 1. The summed E-state index contributed by atoms with van der Waals surface area (Å²) in [4.78, 5) is 12.0. The normalized spacial score (nSPS) is 22.9. The zero-order valence-corrected chi connectivity index (χ0v) is 11.9. The molecule has 0 unspecified atom stereocenters. The van der Waals surface area contributed by atoms with Gasteiger partial charge in [-0.3, -0.25) is 4.90 Å². The van der Waals surface area contributed by atoms with Gasteiger partial charge in [-0.25, -0.2) is 4.79 Å². The van der Waals surface area contributed by atoms with Crippen molar-refractivity contribution in [2.45, 2.75) is 45.7 Å². The zero-order chi connectivity index (χ0) is 13.7. The molecule has 1 aliphatic rings. The molecule has 0 amide bonds. The quantitative estimate of drug-likeness (QED) is 0.688. The monoisotopic (exact) mass is 242 g/mol. The van der Waals surface area contributed by atoms with Gasteiger partial charge in [-0.2, -0.15) is 0 Å². The van der Waals surface area contributed by atoms with Crippen LogP contribution < -0.4 is 5.32 Å². The van der Waals surface area contributed by atoms with E-state index in [2.05, 4.69) is 45.0 Å². The SMILES string of the molecule is CC=CC(=O)O.CN1C(C)(C)CNCC1(C)C. The summed E-state index contributed by atoms with van der Waals surface area (Å²) in [5.41, 5.74) is 0.587. The predicted molar refractivity (Wildman–Crippen MR) is 71.2 cm³/mol. The van der Waals surface area contributed by atoms with Gasteiger partial charge in [-0.1, -0.05) is 6.08 Å². The minimum Gasteiger partial charge on any atom is -0.478 e. The Bertz CT molecular complexity index is 267. The van der Waals surface area contributed by atoms with Gasteiger partial charge in [0, 0.05) is 30.2 Å². The highest BCUT2D eigenvalue weighted by Gasteiger charge is 2.38. The zero-order valence-electron chi connectivity index (χ0n) is 11.9. The van der Waals surface area contributed by atoms with Crippen molar-refractivity contribution in [3.05, 3.63) is 12.2 Å². The lowest BCUT2D eigenvalue weighted by Gasteiger charge is -2.51. The van der Waals surface area contributed by atoms with Crippen molar-refractivity contribution < 1.29 is 9.90 Å². The molecule has 0 aromatic rings. The molecule has 1 aliphatic heterocycles. The molecule has 4 nitrogen and oxygen atoms in total. The summed E-state index contributed by atoms with van der Waals surface area (Å²) in [5, 5.41) is 11.3.